The van der Waals surface area contributed by atoms with Gasteiger partial charge in [0.15, 0.2) is 0 Å². The van der Waals surface area contributed by atoms with Gasteiger partial charge in [0, 0.05) is 18.6 Å². The minimum atomic E-state index is 0.0277. The summed E-state index contributed by atoms with van der Waals surface area (Å²) < 4.78 is 5.63. The fraction of sp³-hybridized carbons (Fsp3) is 0.273. The molecule has 2 nitrogen and oxygen atoms in total. The van der Waals surface area contributed by atoms with Gasteiger partial charge in [0.1, 0.15) is 11.9 Å². The Morgan fingerprint density at radius 2 is 2.15 bits per heavy atom. The third kappa shape index (κ3) is 1.73. The summed E-state index contributed by atoms with van der Waals surface area (Å²) in [6, 6.07) is 7.90. The number of ether oxygens (including phenoxy) is 1. The van der Waals surface area contributed by atoms with E-state index in [0.717, 1.165) is 11.3 Å². The van der Waals surface area contributed by atoms with E-state index in [0.29, 0.717) is 6.42 Å². The van der Waals surface area contributed by atoms with Crippen LogP contribution in [0.1, 0.15) is 12.0 Å². The predicted molar refractivity (Wildman–Crippen MR) is 51.6 cm³/mol. The van der Waals surface area contributed by atoms with Crippen molar-refractivity contribution in [2.75, 3.05) is 6.61 Å². The van der Waals surface area contributed by atoms with Gasteiger partial charge in [-0.3, -0.25) is 0 Å². The van der Waals surface area contributed by atoms with Gasteiger partial charge in [-0.15, -0.1) is 0 Å². The van der Waals surface area contributed by atoms with Gasteiger partial charge >= 0.3 is 0 Å². The average Bonchev–Trinajstić information content (AvgIpc) is 2.18. The van der Waals surface area contributed by atoms with Crippen LogP contribution in [0.25, 0.3) is 6.08 Å². The average molecular weight is 176 g/mol. The second-order valence-corrected chi connectivity index (χ2v) is 3.07. The summed E-state index contributed by atoms with van der Waals surface area (Å²) in [6.07, 6.45) is 4.71. The first-order valence-electron chi connectivity index (χ1n) is 4.45. The zero-order valence-electron chi connectivity index (χ0n) is 7.31. The first kappa shape index (κ1) is 8.32. The van der Waals surface area contributed by atoms with Crippen molar-refractivity contribution < 1.29 is 9.84 Å². The van der Waals surface area contributed by atoms with Crippen molar-refractivity contribution in [2.45, 2.75) is 12.5 Å². The lowest BCUT2D eigenvalue weighted by molar-refractivity contribution is 0.186. The van der Waals surface area contributed by atoms with Crippen molar-refractivity contribution in [1.82, 2.24) is 0 Å². The van der Waals surface area contributed by atoms with Crippen LogP contribution >= 0.6 is 0 Å². The minimum Gasteiger partial charge on any atom is -0.486 e. The number of aliphatic hydroxyl groups is 1. The molecule has 0 spiro atoms. The van der Waals surface area contributed by atoms with Crippen molar-refractivity contribution in [3.8, 4) is 5.75 Å². The molecule has 0 saturated heterocycles. The third-order valence-corrected chi connectivity index (χ3v) is 2.10. The van der Waals surface area contributed by atoms with Crippen LogP contribution in [0.15, 0.2) is 30.3 Å². The van der Waals surface area contributed by atoms with E-state index in [1.54, 1.807) is 0 Å². The van der Waals surface area contributed by atoms with E-state index in [2.05, 4.69) is 0 Å². The normalized spacial score (nSPS) is 19.3. The van der Waals surface area contributed by atoms with Gasteiger partial charge in [0.2, 0.25) is 0 Å². The quantitative estimate of drug-likeness (QED) is 0.745. The molecule has 1 aromatic rings. The SMILES string of the molecule is OCC[C@@H]1C=Cc2ccccc2O1. The Bertz CT molecular complexity index is 318. The van der Waals surface area contributed by atoms with E-state index < -0.39 is 0 Å². The number of para-hydroxylation sites is 1. The number of rotatable bonds is 2. The number of benzene rings is 1. The summed E-state index contributed by atoms with van der Waals surface area (Å²) in [5.74, 6) is 0.906. The second kappa shape index (κ2) is 3.62. The van der Waals surface area contributed by atoms with Gasteiger partial charge in [-0.05, 0) is 12.1 Å². The molecule has 0 aromatic heterocycles. The second-order valence-electron chi connectivity index (χ2n) is 3.07. The summed E-state index contributed by atoms with van der Waals surface area (Å²) in [5, 5.41) is 8.75. The molecule has 1 aliphatic heterocycles. The Morgan fingerprint density at radius 3 is 3.00 bits per heavy atom. The lowest BCUT2D eigenvalue weighted by Crippen LogP contribution is -2.17. The van der Waals surface area contributed by atoms with Gasteiger partial charge in [0.05, 0.1) is 0 Å². The number of hydrogen-bond acceptors (Lipinski definition) is 2. The molecule has 13 heavy (non-hydrogen) atoms. The van der Waals surface area contributed by atoms with Gasteiger partial charge < -0.3 is 9.84 Å². The molecular weight excluding hydrogens is 164 g/mol. The molecule has 2 rings (SSSR count). The Labute approximate surface area is 77.5 Å². The van der Waals surface area contributed by atoms with Crippen LogP contribution in [0.3, 0.4) is 0 Å². The largest absolute Gasteiger partial charge is 0.486 e. The monoisotopic (exact) mass is 176 g/mol. The molecular formula is C11H12O2. The molecule has 0 bridgehead atoms. The highest BCUT2D eigenvalue weighted by molar-refractivity contribution is 5.59. The molecule has 0 amide bonds. The van der Waals surface area contributed by atoms with E-state index in [4.69, 9.17) is 9.84 Å². The van der Waals surface area contributed by atoms with Crippen LogP contribution in [0.2, 0.25) is 0 Å². The summed E-state index contributed by atoms with van der Waals surface area (Å²) in [7, 11) is 0. The highest BCUT2D eigenvalue weighted by Gasteiger charge is 2.12. The van der Waals surface area contributed by atoms with Crippen LogP contribution in [0.5, 0.6) is 5.75 Å². The van der Waals surface area contributed by atoms with Crippen molar-refractivity contribution in [1.29, 1.82) is 0 Å². The van der Waals surface area contributed by atoms with Crippen molar-refractivity contribution >= 4 is 6.08 Å². The maximum absolute atomic E-state index is 8.75. The first-order valence-corrected chi connectivity index (χ1v) is 4.45. The topological polar surface area (TPSA) is 29.5 Å². The van der Waals surface area contributed by atoms with Crippen LogP contribution < -0.4 is 4.74 Å². The molecule has 0 aliphatic carbocycles. The molecule has 68 valence electrons. The molecule has 0 unspecified atom stereocenters. The van der Waals surface area contributed by atoms with Crippen LogP contribution in [0, 0.1) is 0 Å². The van der Waals surface area contributed by atoms with Crippen molar-refractivity contribution in [2.24, 2.45) is 0 Å². The van der Waals surface area contributed by atoms with Crippen molar-refractivity contribution in [3.05, 3.63) is 35.9 Å². The third-order valence-electron chi connectivity index (χ3n) is 2.10. The molecule has 0 fully saturated rings. The first-order chi connectivity index (χ1) is 6.40. The van der Waals surface area contributed by atoms with Gasteiger partial charge in [-0.2, -0.15) is 0 Å². The molecule has 1 aromatic carbocycles. The number of fused-ring (bicyclic) bond motifs is 1. The zero-order chi connectivity index (χ0) is 9.10. The van der Waals surface area contributed by atoms with E-state index in [9.17, 15) is 0 Å². The van der Waals surface area contributed by atoms with E-state index >= 15 is 0 Å². The highest BCUT2D eigenvalue weighted by Crippen LogP contribution is 2.25. The summed E-state index contributed by atoms with van der Waals surface area (Å²) in [4.78, 5) is 0. The molecule has 1 heterocycles. The van der Waals surface area contributed by atoms with Gasteiger partial charge in [-0.1, -0.05) is 24.3 Å². The van der Waals surface area contributed by atoms with Crippen LogP contribution in [-0.2, 0) is 0 Å². The summed E-state index contributed by atoms with van der Waals surface area (Å²) in [5.41, 5.74) is 1.11. The Balaban J connectivity index is 2.19. The molecule has 0 saturated carbocycles. The standard InChI is InChI=1S/C11H12O2/c12-8-7-10-6-5-9-3-1-2-4-11(9)13-10/h1-6,10,12H,7-8H2/t10-/m0/s1. The smallest absolute Gasteiger partial charge is 0.127 e. The molecule has 1 aliphatic rings. The van der Waals surface area contributed by atoms with Crippen LogP contribution in [0.4, 0.5) is 0 Å². The maximum atomic E-state index is 8.75. The van der Waals surface area contributed by atoms with E-state index in [1.807, 2.05) is 36.4 Å². The van der Waals surface area contributed by atoms with E-state index in [-0.39, 0.29) is 12.7 Å². The Hall–Kier alpha value is -1.28. The highest BCUT2D eigenvalue weighted by atomic mass is 16.5. The Morgan fingerprint density at radius 1 is 1.31 bits per heavy atom. The zero-order valence-corrected chi connectivity index (χ0v) is 7.31. The molecule has 1 N–H and O–H groups in total. The maximum Gasteiger partial charge on any atom is 0.127 e. The number of hydrogen-bond donors (Lipinski definition) is 1. The van der Waals surface area contributed by atoms with Crippen molar-refractivity contribution in [3.63, 3.8) is 0 Å². The number of aliphatic hydroxyl groups excluding tert-OH is 1. The minimum absolute atomic E-state index is 0.0277. The summed E-state index contributed by atoms with van der Waals surface area (Å²) in [6.45, 7) is 0.164. The molecule has 1 atom stereocenters. The lowest BCUT2D eigenvalue weighted by atomic mass is 10.1. The summed E-state index contributed by atoms with van der Waals surface area (Å²) >= 11 is 0. The van der Waals surface area contributed by atoms with Gasteiger partial charge in [0.25, 0.3) is 0 Å². The Kier molecular flexibility index (Phi) is 2.32. The fourth-order valence-corrected chi connectivity index (χ4v) is 1.42. The van der Waals surface area contributed by atoms with Gasteiger partial charge in [-0.25, -0.2) is 0 Å². The van der Waals surface area contributed by atoms with E-state index in [1.165, 1.54) is 0 Å². The molecule has 2 heteroatoms. The van der Waals surface area contributed by atoms with Crippen LogP contribution in [-0.4, -0.2) is 17.8 Å². The fourth-order valence-electron chi connectivity index (χ4n) is 1.42. The lowest BCUT2D eigenvalue weighted by Gasteiger charge is -2.20. The predicted octanol–water partition coefficient (Wildman–Crippen LogP) is 1.84. The molecule has 0 radical (unpaired) electrons.